The van der Waals surface area contributed by atoms with E-state index in [0.29, 0.717) is 33.9 Å². The Hall–Kier alpha value is -5.56. The summed E-state index contributed by atoms with van der Waals surface area (Å²) in [6.07, 6.45) is -3.00. The number of carboxylic acid groups (broad SMARTS) is 2. The Balaban J connectivity index is 1.84. The van der Waals surface area contributed by atoms with Gasteiger partial charge in [0.1, 0.15) is 27.0 Å². The second kappa shape index (κ2) is 20.9. The summed E-state index contributed by atoms with van der Waals surface area (Å²) in [4.78, 5) is 23.3. The maximum Gasteiger partial charge on any atom is 0.404 e. The van der Waals surface area contributed by atoms with Gasteiger partial charge in [0, 0.05) is 16.7 Å². The van der Waals surface area contributed by atoms with Gasteiger partial charge in [-0.3, -0.25) is 0 Å². The summed E-state index contributed by atoms with van der Waals surface area (Å²) in [5, 5.41) is 37.3. The number of tetrazole rings is 1. The second-order valence-corrected chi connectivity index (χ2v) is 22.2. The lowest BCUT2D eigenvalue weighted by atomic mass is 9.73. The van der Waals surface area contributed by atoms with E-state index in [-0.39, 0.29) is 34.6 Å². The van der Waals surface area contributed by atoms with Crippen molar-refractivity contribution in [2.24, 2.45) is 10.8 Å². The Morgan fingerprint density at radius 2 is 1.12 bits per heavy atom. The molecule has 2 unspecified atom stereocenters. The van der Waals surface area contributed by atoms with Crippen molar-refractivity contribution in [2.75, 3.05) is 21.3 Å². The molecular weight excluding hydrogens is 1010 g/mol. The zero-order valence-corrected chi connectivity index (χ0v) is 41.7. The first-order valence-electron chi connectivity index (χ1n) is 20.4. The Labute approximate surface area is 398 Å². The van der Waals surface area contributed by atoms with Gasteiger partial charge in [0.25, 0.3) is 0 Å². The van der Waals surface area contributed by atoms with Crippen LogP contribution in [0.4, 0.5) is 9.59 Å². The van der Waals surface area contributed by atoms with Crippen LogP contribution in [0.15, 0.2) is 94.7 Å². The first kappa shape index (κ1) is 51.4. The zero-order valence-electron chi connectivity index (χ0n) is 37.9. The molecule has 5 rings (SSSR count). The molecule has 0 saturated heterocycles. The molecule has 22 heteroatoms. The fourth-order valence-electron chi connectivity index (χ4n) is 7.36. The van der Waals surface area contributed by atoms with Crippen LogP contribution in [-0.2, 0) is 39.7 Å². The highest BCUT2D eigenvalue weighted by molar-refractivity contribution is 14.1. The summed E-state index contributed by atoms with van der Waals surface area (Å²) in [7, 11) is -5.57. The van der Waals surface area contributed by atoms with E-state index in [0.717, 1.165) is 10.4 Å². The van der Waals surface area contributed by atoms with Crippen molar-refractivity contribution in [2.45, 2.75) is 89.1 Å². The lowest BCUT2D eigenvalue weighted by Crippen LogP contribution is -2.67. The summed E-state index contributed by atoms with van der Waals surface area (Å²) in [5.74, 6) is 1.56. The number of carbonyl (C=O) groups is 2. The van der Waals surface area contributed by atoms with Crippen LogP contribution in [-0.4, -0.2) is 103 Å². The molecule has 19 nitrogen and oxygen atoms in total. The predicted octanol–water partition coefficient (Wildman–Crippen LogP) is 6.42. The maximum atomic E-state index is 15.9. The molecule has 2 amide bonds. The van der Waals surface area contributed by atoms with Crippen molar-refractivity contribution in [1.82, 2.24) is 39.9 Å². The minimum atomic E-state index is -5.11. The molecule has 0 saturated carbocycles. The molecule has 0 spiro atoms. The molecule has 1 aromatic heterocycles. The molecule has 0 radical (unpaired) electrons. The van der Waals surface area contributed by atoms with E-state index < -0.39 is 71.0 Å². The average molecular weight is 1060 g/mol. The fraction of sp³-hybridized carbons (Fsp3) is 0.386. The first-order chi connectivity index (χ1) is 30.9. The monoisotopic (exact) mass is 1060 g/mol. The Bertz CT molecular complexity index is 2620. The third-order valence-electron chi connectivity index (χ3n) is 10.7. The highest BCUT2D eigenvalue weighted by Crippen LogP contribution is 2.40. The van der Waals surface area contributed by atoms with Crippen LogP contribution in [0.1, 0.15) is 58.2 Å². The third-order valence-corrected chi connectivity index (χ3v) is 15.1. The number of ether oxygens (including phenoxy) is 3. The second-order valence-electron chi connectivity index (χ2n) is 17.5. The van der Waals surface area contributed by atoms with Crippen molar-refractivity contribution >= 4 is 54.8 Å². The van der Waals surface area contributed by atoms with Gasteiger partial charge >= 0.3 is 12.2 Å². The number of aromatic nitrogens is 4. The van der Waals surface area contributed by atoms with Crippen LogP contribution in [0.25, 0.3) is 11.4 Å². The molecule has 0 bridgehead atoms. The van der Waals surface area contributed by atoms with Crippen molar-refractivity contribution < 1.29 is 50.8 Å². The van der Waals surface area contributed by atoms with Gasteiger partial charge in [-0.1, -0.05) is 77.9 Å². The topological polar surface area (TPSA) is 253 Å². The zero-order chi connectivity index (χ0) is 48.8. The number of hydrogen-bond donors (Lipinski definition) is 5. The number of benzene rings is 4. The number of amides is 2. The fourth-order valence-corrected chi connectivity index (χ4v) is 11.9. The highest BCUT2D eigenvalue weighted by Gasteiger charge is 2.47. The van der Waals surface area contributed by atoms with Crippen LogP contribution >= 0.6 is 22.6 Å². The number of nitrogens with zero attached hydrogens (tertiary/aromatic N) is 5. The van der Waals surface area contributed by atoms with Gasteiger partial charge in [-0.15, -0.1) is 5.10 Å². The molecule has 0 aliphatic rings. The van der Waals surface area contributed by atoms with E-state index in [2.05, 4.69) is 30.9 Å². The summed E-state index contributed by atoms with van der Waals surface area (Å²) in [6, 6.07) is 18.9. The molecule has 2 atom stereocenters. The van der Waals surface area contributed by atoms with Crippen LogP contribution < -0.4 is 29.6 Å². The van der Waals surface area contributed by atoms with Gasteiger partial charge in [0.05, 0.1) is 51.6 Å². The Morgan fingerprint density at radius 3 is 1.52 bits per heavy atom. The van der Waals surface area contributed by atoms with Crippen LogP contribution in [0.5, 0.6) is 17.2 Å². The van der Waals surface area contributed by atoms with E-state index in [1.54, 1.807) is 114 Å². The summed E-state index contributed by atoms with van der Waals surface area (Å²) >= 11 is 1.91. The van der Waals surface area contributed by atoms with Crippen molar-refractivity contribution in [1.29, 1.82) is 0 Å². The average Bonchev–Trinajstić information content (AvgIpc) is 3.70. The van der Waals surface area contributed by atoms with Gasteiger partial charge in [0.15, 0.2) is 5.82 Å². The normalized spacial score (nSPS) is 13.7. The van der Waals surface area contributed by atoms with E-state index in [4.69, 9.17) is 14.2 Å². The van der Waals surface area contributed by atoms with Crippen LogP contribution in [0, 0.1) is 14.4 Å². The maximum absolute atomic E-state index is 15.9. The Kier molecular flexibility index (Phi) is 16.3. The lowest BCUT2D eigenvalue weighted by molar-refractivity contribution is 0.121. The number of halogens is 1. The van der Waals surface area contributed by atoms with Crippen molar-refractivity contribution in [3.05, 3.63) is 105 Å². The van der Waals surface area contributed by atoms with E-state index in [9.17, 15) is 19.8 Å². The predicted molar refractivity (Wildman–Crippen MR) is 253 cm³/mol. The first-order valence-corrected chi connectivity index (χ1v) is 24.4. The van der Waals surface area contributed by atoms with E-state index in [1.807, 2.05) is 22.6 Å². The molecule has 0 aliphatic carbocycles. The summed E-state index contributed by atoms with van der Waals surface area (Å²) in [5.41, 5.74) is -0.456. The summed E-state index contributed by atoms with van der Waals surface area (Å²) < 4.78 is 84.1. The highest BCUT2D eigenvalue weighted by atomic mass is 127. The molecule has 4 aromatic carbocycles. The van der Waals surface area contributed by atoms with E-state index >= 15 is 16.8 Å². The smallest absolute Gasteiger partial charge is 0.404 e. The standard InChI is InChI=1S/C44H55IN8O11S2/c1-43(2,3)38(46-41(54)55)36(39(44(4,5)6)47-42(56)57)49-65(58,59)34-23-22-33(45)35(40-48-50-51-53(40)26-29-14-20-32(64-9)21-15-29)37(34)66(60,61)52(24-27-10-16-30(62-7)17-11-27)25-28-12-18-31(63-8)19-13-28/h10-23,36,38-39,46-47,49H,24-26H2,1-9H3,(H,54,55)(H,56,57). The van der Waals surface area contributed by atoms with Crippen molar-refractivity contribution in [3.63, 3.8) is 0 Å². The summed E-state index contributed by atoms with van der Waals surface area (Å²) in [6.45, 7) is 9.49. The molecule has 66 heavy (non-hydrogen) atoms. The number of hydrogen-bond acceptors (Lipinski definition) is 12. The number of sulfonamides is 2. The molecule has 1 heterocycles. The van der Waals surface area contributed by atoms with E-state index in [1.165, 1.54) is 32.1 Å². The largest absolute Gasteiger partial charge is 0.497 e. The van der Waals surface area contributed by atoms with Crippen LogP contribution in [0.2, 0.25) is 0 Å². The minimum Gasteiger partial charge on any atom is -0.497 e. The van der Waals surface area contributed by atoms with Gasteiger partial charge in [0.2, 0.25) is 20.0 Å². The van der Waals surface area contributed by atoms with Gasteiger partial charge in [-0.05, 0) is 109 Å². The third kappa shape index (κ3) is 12.5. The molecule has 356 valence electrons. The minimum absolute atomic E-state index is 0.0306. The number of nitrogens with one attached hydrogen (secondary N) is 3. The molecule has 0 fully saturated rings. The Morgan fingerprint density at radius 1 is 0.697 bits per heavy atom. The van der Waals surface area contributed by atoms with Gasteiger partial charge in [-0.2, -0.15) is 4.31 Å². The molecule has 5 N–H and O–H groups in total. The van der Waals surface area contributed by atoms with Gasteiger partial charge in [-0.25, -0.2) is 35.8 Å². The van der Waals surface area contributed by atoms with Crippen LogP contribution in [0.3, 0.4) is 0 Å². The quantitative estimate of drug-likeness (QED) is 0.0560. The number of methoxy groups -OCH3 is 3. The van der Waals surface area contributed by atoms with Gasteiger partial charge < -0.3 is 35.1 Å². The molecule has 0 aliphatic heterocycles. The number of rotatable bonds is 19. The molecule has 5 aromatic rings. The lowest BCUT2D eigenvalue weighted by Gasteiger charge is -2.45. The SMILES string of the molecule is COc1ccc(CN(Cc2ccc(OC)cc2)S(=O)(=O)c2c(S(=O)(=O)NC(C(NC(=O)O)C(C)(C)C)C(NC(=O)O)C(C)(C)C)ccc(I)c2-c2nnnn2Cc2ccc(OC)cc2)cc1. The molecular formula is C44H55IN8O11S2. The van der Waals surface area contributed by atoms with Crippen molar-refractivity contribution in [3.8, 4) is 28.6 Å².